The van der Waals surface area contributed by atoms with Crippen LogP contribution in [-0.4, -0.2) is 23.1 Å². The van der Waals surface area contributed by atoms with Gasteiger partial charge in [-0.25, -0.2) is 9.97 Å². The standard InChI is InChI=1S/C17H17N3S/c1-2-5-13(6-3-1)17(8-11-18-12-9-17)16-20-14-7-4-10-19-15(14)21-16/h1-7,10,18H,8-9,11-12H2. The van der Waals surface area contributed by atoms with Gasteiger partial charge in [0.05, 0.1) is 0 Å². The van der Waals surface area contributed by atoms with E-state index >= 15 is 0 Å². The highest BCUT2D eigenvalue weighted by molar-refractivity contribution is 7.18. The van der Waals surface area contributed by atoms with Gasteiger partial charge in [0, 0.05) is 11.6 Å². The van der Waals surface area contributed by atoms with Crippen LogP contribution in [-0.2, 0) is 5.41 Å². The fraction of sp³-hybridized carbons (Fsp3) is 0.294. The number of benzene rings is 1. The number of piperidine rings is 1. The first kappa shape index (κ1) is 12.9. The molecule has 4 rings (SSSR count). The summed E-state index contributed by atoms with van der Waals surface area (Å²) in [5, 5.41) is 4.69. The van der Waals surface area contributed by atoms with E-state index in [1.165, 1.54) is 10.6 Å². The van der Waals surface area contributed by atoms with Crippen LogP contribution < -0.4 is 5.32 Å². The average Bonchev–Trinajstić information content (AvgIpc) is 3.01. The highest BCUT2D eigenvalue weighted by Crippen LogP contribution is 2.42. The van der Waals surface area contributed by atoms with Gasteiger partial charge in [-0.3, -0.25) is 0 Å². The number of hydrogen-bond donors (Lipinski definition) is 1. The SMILES string of the molecule is c1ccc(C2(c3nc4cccnc4s3)CCNCC2)cc1. The van der Waals surface area contributed by atoms with Gasteiger partial charge in [0.15, 0.2) is 0 Å². The van der Waals surface area contributed by atoms with E-state index in [0.29, 0.717) is 0 Å². The lowest BCUT2D eigenvalue weighted by Gasteiger charge is -2.36. The number of aromatic nitrogens is 2. The van der Waals surface area contributed by atoms with Gasteiger partial charge in [-0.15, -0.1) is 0 Å². The third-order valence-electron chi connectivity index (χ3n) is 4.36. The molecule has 1 fully saturated rings. The molecule has 0 spiro atoms. The Hall–Kier alpha value is -1.78. The maximum absolute atomic E-state index is 4.91. The normalized spacial score (nSPS) is 17.9. The molecule has 0 aliphatic carbocycles. The topological polar surface area (TPSA) is 37.8 Å². The molecule has 21 heavy (non-hydrogen) atoms. The molecule has 4 heteroatoms. The summed E-state index contributed by atoms with van der Waals surface area (Å²) >= 11 is 1.75. The van der Waals surface area contributed by atoms with Crippen LogP contribution in [0.5, 0.6) is 0 Å². The van der Waals surface area contributed by atoms with E-state index in [0.717, 1.165) is 36.3 Å². The second-order valence-electron chi connectivity index (χ2n) is 5.54. The van der Waals surface area contributed by atoms with Gasteiger partial charge in [0.25, 0.3) is 0 Å². The summed E-state index contributed by atoms with van der Waals surface area (Å²) in [6.45, 7) is 2.08. The molecule has 3 nitrogen and oxygen atoms in total. The predicted octanol–water partition coefficient (Wildman–Crippen LogP) is 3.36. The van der Waals surface area contributed by atoms with Crippen molar-refractivity contribution in [3.63, 3.8) is 0 Å². The lowest BCUT2D eigenvalue weighted by Crippen LogP contribution is -2.40. The molecule has 0 radical (unpaired) electrons. The van der Waals surface area contributed by atoms with Crippen molar-refractivity contribution >= 4 is 21.7 Å². The van der Waals surface area contributed by atoms with Gasteiger partial charge < -0.3 is 5.32 Å². The van der Waals surface area contributed by atoms with Crippen LogP contribution in [0.4, 0.5) is 0 Å². The molecule has 1 N–H and O–H groups in total. The Balaban J connectivity index is 1.89. The number of fused-ring (bicyclic) bond motifs is 1. The molecule has 106 valence electrons. The summed E-state index contributed by atoms with van der Waals surface area (Å²) in [5.41, 5.74) is 2.44. The number of thiazole rings is 1. The molecule has 1 saturated heterocycles. The molecule has 0 bridgehead atoms. The number of pyridine rings is 1. The zero-order valence-corrected chi connectivity index (χ0v) is 12.6. The van der Waals surface area contributed by atoms with Crippen molar-refractivity contribution in [2.75, 3.05) is 13.1 Å². The fourth-order valence-electron chi connectivity index (χ4n) is 3.21. The number of nitrogens with one attached hydrogen (secondary N) is 1. The van der Waals surface area contributed by atoms with Crippen LogP contribution in [0.3, 0.4) is 0 Å². The Morgan fingerprint density at radius 1 is 1.00 bits per heavy atom. The first-order valence-corrected chi connectivity index (χ1v) is 8.18. The molecule has 3 aromatic rings. The average molecular weight is 295 g/mol. The smallest absolute Gasteiger partial charge is 0.143 e. The van der Waals surface area contributed by atoms with E-state index < -0.39 is 0 Å². The minimum Gasteiger partial charge on any atom is -0.317 e. The van der Waals surface area contributed by atoms with Crippen molar-refractivity contribution in [2.24, 2.45) is 0 Å². The van der Waals surface area contributed by atoms with Crippen molar-refractivity contribution in [3.8, 4) is 0 Å². The highest BCUT2D eigenvalue weighted by atomic mass is 32.1. The molecule has 2 aromatic heterocycles. The van der Waals surface area contributed by atoms with Gasteiger partial charge in [0.2, 0.25) is 0 Å². The number of rotatable bonds is 2. The minimum atomic E-state index is 0.0396. The van der Waals surface area contributed by atoms with Gasteiger partial charge in [0.1, 0.15) is 15.4 Å². The predicted molar refractivity (Wildman–Crippen MR) is 86.7 cm³/mol. The molecule has 1 aliphatic rings. The summed E-state index contributed by atoms with van der Waals surface area (Å²) in [6, 6.07) is 14.8. The second kappa shape index (κ2) is 5.20. The Morgan fingerprint density at radius 3 is 2.57 bits per heavy atom. The molecule has 0 saturated carbocycles. The molecule has 0 atom stereocenters. The molecular formula is C17H17N3S. The van der Waals surface area contributed by atoms with E-state index in [-0.39, 0.29) is 5.41 Å². The number of hydrogen-bond acceptors (Lipinski definition) is 4. The maximum atomic E-state index is 4.91. The van der Waals surface area contributed by atoms with Crippen LogP contribution >= 0.6 is 11.3 Å². The Labute approximate surface area is 128 Å². The molecule has 0 amide bonds. The van der Waals surface area contributed by atoms with Crippen molar-refractivity contribution < 1.29 is 0 Å². The molecule has 1 aromatic carbocycles. The van der Waals surface area contributed by atoms with Crippen molar-refractivity contribution in [1.82, 2.24) is 15.3 Å². The molecular weight excluding hydrogens is 278 g/mol. The first-order chi connectivity index (χ1) is 10.4. The minimum absolute atomic E-state index is 0.0396. The number of nitrogens with zero attached hydrogens (tertiary/aromatic N) is 2. The van der Waals surface area contributed by atoms with Gasteiger partial charge in [-0.05, 0) is 43.6 Å². The summed E-state index contributed by atoms with van der Waals surface area (Å²) < 4.78 is 0. The summed E-state index contributed by atoms with van der Waals surface area (Å²) in [5.74, 6) is 0. The maximum Gasteiger partial charge on any atom is 0.143 e. The Bertz CT molecular complexity index is 712. The van der Waals surface area contributed by atoms with Crippen LogP contribution in [0.2, 0.25) is 0 Å². The third kappa shape index (κ3) is 2.15. The van der Waals surface area contributed by atoms with Crippen LogP contribution in [0.25, 0.3) is 10.3 Å². The lowest BCUT2D eigenvalue weighted by molar-refractivity contribution is 0.361. The zero-order chi connectivity index (χ0) is 14.1. The van der Waals surface area contributed by atoms with Crippen LogP contribution in [0, 0.1) is 0 Å². The van der Waals surface area contributed by atoms with E-state index in [4.69, 9.17) is 4.98 Å². The second-order valence-corrected chi connectivity index (χ2v) is 6.52. The van der Waals surface area contributed by atoms with Crippen LogP contribution in [0.15, 0.2) is 48.7 Å². The highest BCUT2D eigenvalue weighted by Gasteiger charge is 2.38. The van der Waals surface area contributed by atoms with E-state index in [2.05, 4.69) is 46.7 Å². The van der Waals surface area contributed by atoms with Crippen molar-refractivity contribution in [3.05, 3.63) is 59.2 Å². The lowest BCUT2D eigenvalue weighted by atomic mass is 9.73. The largest absolute Gasteiger partial charge is 0.317 e. The fourth-order valence-corrected chi connectivity index (χ4v) is 4.39. The third-order valence-corrected chi connectivity index (χ3v) is 5.54. The van der Waals surface area contributed by atoms with Crippen molar-refractivity contribution in [1.29, 1.82) is 0 Å². The van der Waals surface area contributed by atoms with Crippen molar-refractivity contribution in [2.45, 2.75) is 18.3 Å². The molecule has 0 unspecified atom stereocenters. The van der Waals surface area contributed by atoms with Gasteiger partial charge in [-0.2, -0.15) is 0 Å². The van der Waals surface area contributed by atoms with E-state index in [9.17, 15) is 0 Å². The summed E-state index contributed by atoms with van der Waals surface area (Å²) in [6.07, 6.45) is 4.04. The molecule has 3 heterocycles. The first-order valence-electron chi connectivity index (χ1n) is 7.37. The monoisotopic (exact) mass is 295 g/mol. The Kier molecular flexibility index (Phi) is 3.20. The molecule has 1 aliphatic heterocycles. The van der Waals surface area contributed by atoms with Gasteiger partial charge >= 0.3 is 0 Å². The van der Waals surface area contributed by atoms with Gasteiger partial charge in [-0.1, -0.05) is 41.7 Å². The summed E-state index contributed by atoms with van der Waals surface area (Å²) in [4.78, 5) is 10.4. The Morgan fingerprint density at radius 2 is 1.81 bits per heavy atom. The van der Waals surface area contributed by atoms with E-state index in [1.807, 2.05) is 12.3 Å². The van der Waals surface area contributed by atoms with Crippen LogP contribution in [0.1, 0.15) is 23.4 Å². The quantitative estimate of drug-likeness (QED) is 0.788. The van der Waals surface area contributed by atoms with E-state index in [1.54, 1.807) is 11.3 Å². The summed E-state index contributed by atoms with van der Waals surface area (Å²) in [7, 11) is 0. The zero-order valence-electron chi connectivity index (χ0n) is 11.7.